The Morgan fingerprint density at radius 1 is 0.971 bits per heavy atom. The van der Waals surface area contributed by atoms with Gasteiger partial charge < -0.3 is 15.2 Å². The Morgan fingerprint density at radius 3 is 2.26 bits per heavy atom. The van der Waals surface area contributed by atoms with E-state index in [-0.39, 0.29) is 21.2 Å². The number of nitrogens with two attached hydrogens (primary N) is 1. The number of nitrogens with zero attached hydrogens (tertiary/aromatic N) is 3. The first-order valence-electron chi connectivity index (χ1n) is 10.3. The molecule has 0 amide bonds. The molecule has 0 saturated carbocycles. The molecule has 0 unspecified atom stereocenters. The first kappa shape index (κ1) is 23.5. The van der Waals surface area contributed by atoms with E-state index in [1.165, 1.54) is 26.0 Å². The first-order valence-corrected chi connectivity index (χ1v) is 12.1. The van der Waals surface area contributed by atoms with Crippen LogP contribution >= 0.6 is 23.1 Å². The van der Waals surface area contributed by atoms with Gasteiger partial charge in [-0.25, -0.2) is 9.59 Å². The molecule has 0 bridgehead atoms. The summed E-state index contributed by atoms with van der Waals surface area (Å²) >= 11 is 2.36. The van der Waals surface area contributed by atoms with Crippen LogP contribution in [0.5, 0.6) is 0 Å². The summed E-state index contributed by atoms with van der Waals surface area (Å²) in [6.45, 7) is 0. The summed E-state index contributed by atoms with van der Waals surface area (Å²) in [4.78, 5) is 25.0. The van der Waals surface area contributed by atoms with Crippen LogP contribution in [0.25, 0.3) is 5.69 Å². The SMILES string of the molecule is COC(=O)c1sc(N)c(C(=O)OC)c1CSc1nnc(Cc2ccccc2)n1-c1ccccc1. The minimum absolute atomic E-state index is 0.177. The number of hydrogen-bond acceptors (Lipinski definition) is 9. The van der Waals surface area contributed by atoms with Crippen LogP contribution in [0, 0.1) is 0 Å². The Morgan fingerprint density at radius 2 is 1.62 bits per heavy atom. The topological polar surface area (TPSA) is 109 Å². The molecule has 4 rings (SSSR count). The molecule has 34 heavy (non-hydrogen) atoms. The maximum atomic E-state index is 12.4. The van der Waals surface area contributed by atoms with E-state index in [0.717, 1.165) is 28.4 Å². The number of carbonyl (C=O) groups excluding carboxylic acids is 2. The average Bonchev–Trinajstić information content (AvgIpc) is 3.42. The number of rotatable bonds is 8. The molecule has 0 aliphatic heterocycles. The van der Waals surface area contributed by atoms with Gasteiger partial charge in [0.25, 0.3) is 0 Å². The highest BCUT2D eigenvalue weighted by atomic mass is 32.2. The van der Waals surface area contributed by atoms with Crippen molar-refractivity contribution < 1.29 is 19.1 Å². The molecule has 8 nitrogen and oxygen atoms in total. The molecule has 2 heterocycles. The molecule has 4 aromatic rings. The second kappa shape index (κ2) is 10.5. The van der Waals surface area contributed by atoms with E-state index in [0.29, 0.717) is 17.1 Å². The second-order valence-corrected chi connectivity index (χ2v) is 9.15. The molecule has 0 fully saturated rings. The van der Waals surface area contributed by atoms with Crippen molar-refractivity contribution in [3.8, 4) is 5.69 Å². The number of hydrogen-bond donors (Lipinski definition) is 1. The number of carbonyl (C=O) groups is 2. The van der Waals surface area contributed by atoms with Crippen LogP contribution in [0.2, 0.25) is 0 Å². The van der Waals surface area contributed by atoms with Crippen LogP contribution in [-0.4, -0.2) is 40.9 Å². The van der Waals surface area contributed by atoms with Crippen LogP contribution in [0.15, 0.2) is 65.8 Å². The van der Waals surface area contributed by atoms with E-state index in [1.807, 2.05) is 65.2 Å². The summed E-state index contributed by atoms with van der Waals surface area (Å²) in [6, 6.07) is 19.8. The Hall–Kier alpha value is -3.63. The van der Waals surface area contributed by atoms with E-state index < -0.39 is 11.9 Å². The molecule has 0 spiro atoms. The highest BCUT2D eigenvalue weighted by Gasteiger charge is 2.28. The maximum absolute atomic E-state index is 12.4. The molecule has 0 aliphatic carbocycles. The molecule has 0 radical (unpaired) electrons. The summed E-state index contributed by atoms with van der Waals surface area (Å²) in [6.07, 6.45) is 0.593. The zero-order valence-electron chi connectivity index (χ0n) is 18.6. The van der Waals surface area contributed by atoms with Crippen molar-refractivity contribution in [1.82, 2.24) is 14.8 Å². The van der Waals surface area contributed by atoms with Crippen molar-refractivity contribution in [3.05, 3.63) is 88.1 Å². The van der Waals surface area contributed by atoms with Crippen molar-refractivity contribution in [2.75, 3.05) is 20.0 Å². The van der Waals surface area contributed by atoms with Gasteiger partial charge in [-0.2, -0.15) is 0 Å². The van der Waals surface area contributed by atoms with Crippen molar-refractivity contribution in [3.63, 3.8) is 0 Å². The molecule has 0 saturated heterocycles. The highest BCUT2D eigenvalue weighted by Crippen LogP contribution is 2.37. The van der Waals surface area contributed by atoms with Crippen molar-refractivity contribution in [2.24, 2.45) is 0 Å². The molecule has 0 atom stereocenters. The number of nitrogen functional groups attached to an aromatic ring is 1. The smallest absolute Gasteiger partial charge is 0.348 e. The monoisotopic (exact) mass is 494 g/mol. The zero-order chi connectivity index (χ0) is 24.1. The number of thiophene rings is 1. The van der Waals surface area contributed by atoms with Gasteiger partial charge in [-0.3, -0.25) is 4.57 Å². The fraction of sp³-hybridized carbons (Fsp3) is 0.167. The van der Waals surface area contributed by atoms with Gasteiger partial charge in [-0.1, -0.05) is 60.3 Å². The molecule has 10 heteroatoms. The second-order valence-electron chi connectivity index (χ2n) is 7.15. The minimum Gasteiger partial charge on any atom is -0.465 e. The number of ether oxygens (including phenoxy) is 2. The summed E-state index contributed by atoms with van der Waals surface area (Å²) < 4.78 is 11.8. The number of aromatic nitrogens is 3. The van der Waals surface area contributed by atoms with E-state index in [4.69, 9.17) is 15.2 Å². The third-order valence-corrected chi connectivity index (χ3v) is 7.06. The van der Waals surface area contributed by atoms with Gasteiger partial charge in [0, 0.05) is 23.4 Å². The van der Waals surface area contributed by atoms with Crippen LogP contribution in [0.1, 0.15) is 37.0 Å². The van der Waals surface area contributed by atoms with Crippen LogP contribution < -0.4 is 5.73 Å². The van der Waals surface area contributed by atoms with Crippen molar-refractivity contribution in [1.29, 1.82) is 0 Å². The van der Waals surface area contributed by atoms with Crippen molar-refractivity contribution >= 4 is 40.0 Å². The Bertz CT molecular complexity index is 1300. The predicted molar refractivity (Wildman–Crippen MR) is 132 cm³/mol. The van der Waals surface area contributed by atoms with Gasteiger partial charge in [-0.15, -0.1) is 21.5 Å². The Labute approximate surface area is 204 Å². The normalized spacial score (nSPS) is 10.8. The molecule has 174 valence electrons. The Balaban J connectivity index is 1.72. The molecule has 2 N–H and O–H groups in total. The number of thioether (sulfide) groups is 1. The number of benzene rings is 2. The highest BCUT2D eigenvalue weighted by molar-refractivity contribution is 7.98. The lowest BCUT2D eigenvalue weighted by molar-refractivity contribution is 0.0601. The summed E-state index contributed by atoms with van der Waals surface area (Å²) in [7, 11) is 2.56. The van der Waals surface area contributed by atoms with E-state index in [1.54, 1.807) is 0 Å². The Kier molecular flexibility index (Phi) is 7.29. The van der Waals surface area contributed by atoms with Crippen LogP contribution in [0.4, 0.5) is 5.00 Å². The fourth-order valence-electron chi connectivity index (χ4n) is 3.47. The molecular weight excluding hydrogens is 472 g/mol. The number of para-hydroxylation sites is 1. The molecule has 2 aromatic carbocycles. The predicted octanol–water partition coefficient (Wildman–Crippen LogP) is 4.37. The lowest BCUT2D eigenvalue weighted by atomic mass is 10.1. The van der Waals surface area contributed by atoms with Gasteiger partial charge in [0.15, 0.2) is 5.16 Å². The summed E-state index contributed by atoms with van der Waals surface area (Å²) in [5.41, 5.74) is 8.71. The van der Waals surface area contributed by atoms with E-state index >= 15 is 0 Å². The lowest BCUT2D eigenvalue weighted by Crippen LogP contribution is -2.09. The average molecular weight is 495 g/mol. The summed E-state index contributed by atoms with van der Waals surface area (Å²) in [5, 5.41) is 9.68. The zero-order valence-corrected chi connectivity index (χ0v) is 20.2. The first-order chi connectivity index (χ1) is 16.5. The largest absolute Gasteiger partial charge is 0.465 e. The minimum atomic E-state index is -0.603. The van der Waals surface area contributed by atoms with E-state index in [9.17, 15) is 9.59 Å². The fourth-order valence-corrected chi connectivity index (χ4v) is 5.55. The summed E-state index contributed by atoms with van der Waals surface area (Å²) in [5.74, 6) is -0.143. The third kappa shape index (κ3) is 4.82. The molecule has 0 aliphatic rings. The van der Waals surface area contributed by atoms with Crippen molar-refractivity contribution in [2.45, 2.75) is 17.3 Å². The quantitative estimate of drug-likeness (QED) is 0.284. The standard InChI is InChI=1S/C24H22N4O4S2/c1-31-22(29)19-17(20(23(30)32-2)34-21(19)25)14-33-24-27-26-18(13-15-9-5-3-6-10-15)28(24)16-11-7-4-8-12-16/h3-12H,13-14,25H2,1-2H3. The van der Waals surface area contributed by atoms with Gasteiger partial charge in [-0.05, 0) is 17.7 Å². The lowest BCUT2D eigenvalue weighted by Gasteiger charge is -2.11. The van der Waals surface area contributed by atoms with Crippen LogP contribution in [-0.2, 0) is 21.6 Å². The maximum Gasteiger partial charge on any atom is 0.348 e. The number of esters is 2. The van der Waals surface area contributed by atoms with Crippen LogP contribution in [0.3, 0.4) is 0 Å². The molecular formula is C24H22N4O4S2. The van der Waals surface area contributed by atoms with Gasteiger partial charge in [0.05, 0.1) is 19.8 Å². The van der Waals surface area contributed by atoms with Gasteiger partial charge in [0.1, 0.15) is 15.7 Å². The van der Waals surface area contributed by atoms with E-state index in [2.05, 4.69) is 10.2 Å². The molecule has 2 aromatic heterocycles. The number of anilines is 1. The van der Waals surface area contributed by atoms with Gasteiger partial charge >= 0.3 is 11.9 Å². The third-order valence-electron chi connectivity index (χ3n) is 5.06. The number of methoxy groups -OCH3 is 2. The van der Waals surface area contributed by atoms with Gasteiger partial charge in [0.2, 0.25) is 0 Å².